The number of carbonyl (C=O) groups excluding carboxylic acids is 2. The van der Waals surface area contributed by atoms with Gasteiger partial charge in [-0.3, -0.25) is 9.59 Å². The van der Waals surface area contributed by atoms with Crippen LogP contribution in [0.15, 0.2) is 0 Å². The average molecular weight is 240 g/mol. The molecule has 1 saturated carbocycles. The Hall–Kier alpha value is -0.900. The molecule has 4 heteroatoms. The Balaban J connectivity index is 1.49. The normalized spacial score (nSPS) is 30.2. The number of rotatable bonds is 7. The molecule has 1 aliphatic heterocycles. The Bertz CT molecular complexity index is 300. The van der Waals surface area contributed by atoms with Gasteiger partial charge in [-0.2, -0.15) is 0 Å². The molecule has 0 aromatic heterocycles. The van der Waals surface area contributed by atoms with E-state index >= 15 is 0 Å². The van der Waals surface area contributed by atoms with Gasteiger partial charge in [-0.25, -0.2) is 0 Å². The van der Waals surface area contributed by atoms with Crippen molar-refractivity contribution in [3.63, 3.8) is 0 Å². The molecular formula is C13H20O4. The van der Waals surface area contributed by atoms with Crippen molar-refractivity contribution in [2.45, 2.75) is 57.2 Å². The number of epoxide rings is 1. The van der Waals surface area contributed by atoms with Crippen LogP contribution in [0.3, 0.4) is 0 Å². The van der Waals surface area contributed by atoms with Gasteiger partial charge in [-0.1, -0.05) is 19.3 Å². The van der Waals surface area contributed by atoms with Gasteiger partial charge >= 0.3 is 5.97 Å². The maximum Gasteiger partial charge on any atom is 0.305 e. The summed E-state index contributed by atoms with van der Waals surface area (Å²) in [5.74, 6) is 0.423. The van der Waals surface area contributed by atoms with Crippen LogP contribution in [0.5, 0.6) is 0 Å². The lowest BCUT2D eigenvalue weighted by Gasteiger charge is -2.08. The Morgan fingerprint density at radius 1 is 1.35 bits per heavy atom. The first kappa shape index (κ1) is 12.6. The van der Waals surface area contributed by atoms with Gasteiger partial charge < -0.3 is 9.47 Å². The molecule has 1 aliphatic carbocycles. The van der Waals surface area contributed by atoms with Crippen LogP contribution >= 0.6 is 0 Å². The first-order valence-electron chi connectivity index (χ1n) is 6.47. The molecule has 0 radical (unpaired) electrons. The van der Waals surface area contributed by atoms with Crippen LogP contribution in [0.2, 0.25) is 0 Å². The van der Waals surface area contributed by atoms with Crippen molar-refractivity contribution in [2.75, 3.05) is 7.11 Å². The Kier molecular flexibility index (Phi) is 4.15. The molecule has 1 heterocycles. The van der Waals surface area contributed by atoms with E-state index in [0.717, 1.165) is 32.1 Å². The molecule has 2 aliphatic rings. The van der Waals surface area contributed by atoms with Gasteiger partial charge in [0.2, 0.25) is 0 Å². The Labute approximate surface area is 102 Å². The number of hydrogen-bond donors (Lipinski definition) is 0. The summed E-state index contributed by atoms with van der Waals surface area (Å²) >= 11 is 0. The summed E-state index contributed by atoms with van der Waals surface area (Å²) < 4.78 is 9.95. The maximum absolute atomic E-state index is 11.5. The number of ketones is 1. The number of fused-ring (bicyclic) bond motifs is 1. The van der Waals surface area contributed by atoms with Gasteiger partial charge in [0.15, 0.2) is 0 Å². The molecule has 0 bridgehead atoms. The van der Waals surface area contributed by atoms with Crippen molar-refractivity contribution in [3.05, 3.63) is 0 Å². The summed E-state index contributed by atoms with van der Waals surface area (Å²) in [6.45, 7) is 0. The predicted molar refractivity (Wildman–Crippen MR) is 61.5 cm³/mol. The predicted octanol–water partition coefficient (Wildman–Crippen LogP) is 1.86. The van der Waals surface area contributed by atoms with Crippen LogP contribution in [0.1, 0.15) is 44.9 Å². The second-order valence-electron chi connectivity index (χ2n) is 4.95. The Morgan fingerprint density at radius 2 is 2.12 bits per heavy atom. The van der Waals surface area contributed by atoms with E-state index in [2.05, 4.69) is 4.74 Å². The lowest BCUT2D eigenvalue weighted by molar-refractivity contribution is -0.140. The number of unbranched alkanes of at least 4 members (excludes halogenated alkanes) is 3. The molecule has 2 rings (SSSR count). The molecule has 0 aromatic carbocycles. The molecule has 17 heavy (non-hydrogen) atoms. The lowest BCUT2D eigenvalue weighted by Crippen LogP contribution is -2.14. The standard InChI is InChI=1S/C13H20O4/c1-16-12(15)7-5-3-2-4-6-9-10(14)8-11-13(9)17-11/h9,11,13H,2-8H2,1H3. The van der Waals surface area contributed by atoms with E-state index in [1.54, 1.807) is 0 Å². The number of carbonyl (C=O) groups is 2. The Morgan fingerprint density at radius 3 is 2.76 bits per heavy atom. The molecule has 0 N–H and O–H groups in total. The summed E-state index contributed by atoms with van der Waals surface area (Å²) in [6.07, 6.45) is 6.66. The van der Waals surface area contributed by atoms with E-state index in [4.69, 9.17) is 4.74 Å². The van der Waals surface area contributed by atoms with E-state index in [0.29, 0.717) is 18.6 Å². The molecule has 0 amide bonds. The minimum atomic E-state index is -0.134. The van der Waals surface area contributed by atoms with Crippen molar-refractivity contribution in [1.29, 1.82) is 0 Å². The minimum Gasteiger partial charge on any atom is -0.469 e. The van der Waals surface area contributed by atoms with Crippen LogP contribution < -0.4 is 0 Å². The molecule has 0 spiro atoms. The first-order chi connectivity index (χ1) is 8.22. The zero-order chi connectivity index (χ0) is 12.3. The average Bonchev–Trinajstić information content (AvgIpc) is 3.00. The highest BCUT2D eigenvalue weighted by atomic mass is 16.6. The summed E-state index contributed by atoms with van der Waals surface area (Å²) in [4.78, 5) is 22.4. The van der Waals surface area contributed by atoms with Crippen molar-refractivity contribution in [3.8, 4) is 0 Å². The van der Waals surface area contributed by atoms with Gasteiger partial charge in [-0.05, 0) is 12.8 Å². The summed E-state index contributed by atoms with van der Waals surface area (Å²) in [5, 5.41) is 0. The molecule has 3 atom stereocenters. The van der Waals surface area contributed by atoms with Gasteiger partial charge in [0, 0.05) is 18.8 Å². The highest BCUT2D eigenvalue weighted by Gasteiger charge is 2.54. The van der Waals surface area contributed by atoms with Crippen LogP contribution in [0, 0.1) is 5.92 Å². The van der Waals surface area contributed by atoms with Gasteiger partial charge in [0.25, 0.3) is 0 Å². The SMILES string of the molecule is COC(=O)CCCCCCC1C(=O)CC2OC21. The molecule has 3 unspecified atom stereocenters. The summed E-state index contributed by atoms with van der Waals surface area (Å²) in [5.41, 5.74) is 0. The van der Waals surface area contributed by atoms with Crippen molar-refractivity contribution >= 4 is 11.8 Å². The number of hydrogen-bond acceptors (Lipinski definition) is 4. The van der Waals surface area contributed by atoms with Gasteiger partial charge in [0.1, 0.15) is 5.78 Å². The van der Waals surface area contributed by atoms with Crippen molar-refractivity contribution in [1.82, 2.24) is 0 Å². The topological polar surface area (TPSA) is 55.9 Å². The molecule has 96 valence electrons. The number of Topliss-reactive ketones (excluding diaryl/α,β-unsaturated/α-hetero) is 1. The molecule has 4 nitrogen and oxygen atoms in total. The van der Waals surface area contributed by atoms with Crippen molar-refractivity contribution < 1.29 is 19.1 Å². The lowest BCUT2D eigenvalue weighted by atomic mass is 9.97. The third-order valence-electron chi connectivity index (χ3n) is 3.71. The zero-order valence-electron chi connectivity index (χ0n) is 10.3. The second kappa shape index (κ2) is 5.63. The number of ether oxygens (including phenoxy) is 2. The smallest absolute Gasteiger partial charge is 0.305 e. The van der Waals surface area contributed by atoms with Crippen LogP contribution in [0.25, 0.3) is 0 Å². The summed E-state index contributed by atoms with van der Waals surface area (Å²) in [6, 6.07) is 0. The van der Waals surface area contributed by atoms with E-state index in [9.17, 15) is 9.59 Å². The molecular weight excluding hydrogens is 220 g/mol. The third-order valence-corrected chi connectivity index (χ3v) is 3.71. The maximum atomic E-state index is 11.5. The van der Waals surface area contributed by atoms with Crippen LogP contribution in [-0.4, -0.2) is 31.1 Å². The van der Waals surface area contributed by atoms with Crippen molar-refractivity contribution in [2.24, 2.45) is 5.92 Å². The highest BCUT2D eigenvalue weighted by Crippen LogP contribution is 2.42. The van der Waals surface area contributed by atoms with Crippen LogP contribution in [0.4, 0.5) is 0 Å². The number of methoxy groups -OCH3 is 1. The van der Waals surface area contributed by atoms with Gasteiger partial charge in [-0.15, -0.1) is 0 Å². The monoisotopic (exact) mass is 240 g/mol. The molecule has 0 aromatic rings. The minimum absolute atomic E-state index is 0.134. The molecule has 2 fully saturated rings. The fraction of sp³-hybridized carbons (Fsp3) is 0.846. The second-order valence-corrected chi connectivity index (χ2v) is 4.95. The fourth-order valence-corrected chi connectivity index (χ4v) is 2.62. The third kappa shape index (κ3) is 3.28. The highest BCUT2D eigenvalue weighted by molar-refractivity contribution is 5.86. The molecule has 1 saturated heterocycles. The summed E-state index contributed by atoms with van der Waals surface area (Å²) in [7, 11) is 1.42. The van der Waals surface area contributed by atoms with Crippen LogP contribution in [-0.2, 0) is 19.1 Å². The van der Waals surface area contributed by atoms with E-state index in [-0.39, 0.29) is 24.1 Å². The quantitative estimate of drug-likeness (QED) is 0.387. The zero-order valence-corrected chi connectivity index (χ0v) is 10.3. The largest absolute Gasteiger partial charge is 0.469 e. The van der Waals surface area contributed by atoms with E-state index in [1.165, 1.54) is 7.11 Å². The fourth-order valence-electron chi connectivity index (χ4n) is 2.62. The van der Waals surface area contributed by atoms with Gasteiger partial charge in [0.05, 0.1) is 19.3 Å². The number of esters is 1. The van der Waals surface area contributed by atoms with E-state index in [1.807, 2.05) is 0 Å². The van der Waals surface area contributed by atoms with E-state index < -0.39 is 0 Å². The first-order valence-corrected chi connectivity index (χ1v) is 6.47.